The molecule has 0 aromatic heterocycles. The van der Waals surface area contributed by atoms with Gasteiger partial charge in [0.25, 0.3) is 0 Å². The van der Waals surface area contributed by atoms with Crippen LogP contribution in [0.25, 0.3) is 0 Å². The first kappa shape index (κ1) is 17.3. The fourth-order valence-corrected chi connectivity index (χ4v) is 4.65. The van der Waals surface area contributed by atoms with Gasteiger partial charge >= 0.3 is 0 Å². The molecule has 2 heteroatoms. The number of hydrogen-bond donors (Lipinski definition) is 1. The smallest absolute Gasteiger partial charge is 0.0636 e. The van der Waals surface area contributed by atoms with Crippen LogP contribution < -0.4 is 5.32 Å². The Labute approximate surface area is 132 Å². The number of hydrogen-bond acceptors (Lipinski definition) is 2. The van der Waals surface area contributed by atoms with Gasteiger partial charge in [0, 0.05) is 12.6 Å². The Morgan fingerprint density at radius 2 is 2.00 bits per heavy atom. The van der Waals surface area contributed by atoms with Crippen molar-refractivity contribution in [2.24, 2.45) is 16.7 Å². The molecule has 4 unspecified atom stereocenters. The number of rotatable bonds is 9. The first-order valence-electron chi connectivity index (χ1n) is 9.26. The summed E-state index contributed by atoms with van der Waals surface area (Å²) in [5.74, 6) is 0.894. The third kappa shape index (κ3) is 3.47. The van der Waals surface area contributed by atoms with Crippen molar-refractivity contribution in [1.82, 2.24) is 5.32 Å². The topological polar surface area (TPSA) is 21.3 Å². The molecule has 0 aromatic rings. The molecular formula is C19H37NO. The Bertz CT molecular complexity index is 328. The summed E-state index contributed by atoms with van der Waals surface area (Å²) in [6, 6.07) is 0.656. The van der Waals surface area contributed by atoms with Gasteiger partial charge in [0.05, 0.1) is 6.10 Å². The highest BCUT2D eigenvalue weighted by molar-refractivity contribution is 5.11. The van der Waals surface area contributed by atoms with E-state index in [1.54, 1.807) is 0 Å². The Morgan fingerprint density at radius 1 is 1.24 bits per heavy atom. The lowest BCUT2D eigenvalue weighted by molar-refractivity contribution is -0.0475. The SMILES string of the molecule is CCCNC(C)CCCCOC1CC2CCC1(C)C2(C)C. The van der Waals surface area contributed by atoms with Gasteiger partial charge in [0.1, 0.15) is 0 Å². The summed E-state index contributed by atoms with van der Waals surface area (Å²) in [4.78, 5) is 0. The second-order valence-corrected chi connectivity index (χ2v) is 8.32. The first-order valence-corrected chi connectivity index (χ1v) is 9.26. The summed E-state index contributed by atoms with van der Waals surface area (Å²) in [6.45, 7) is 14.0. The number of fused-ring (bicyclic) bond motifs is 2. The third-order valence-electron chi connectivity index (χ3n) is 6.81. The van der Waals surface area contributed by atoms with E-state index in [0.717, 1.165) is 19.1 Å². The maximum Gasteiger partial charge on any atom is 0.0636 e. The van der Waals surface area contributed by atoms with E-state index >= 15 is 0 Å². The van der Waals surface area contributed by atoms with Crippen molar-refractivity contribution in [1.29, 1.82) is 0 Å². The minimum Gasteiger partial charge on any atom is -0.378 e. The maximum atomic E-state index is 6.32. The molecule has 0 aromatic carbocycles. The number of unbranched alkanes of at least 4 members (excludes halogenated alkanes) is 1. The van der Waals surface area contributed by atoms with Crippen molar-refractivity contribution >= 4 is 0 Å². The molecule has 0 radical (unpaired) electrons. The van der Waals surface area contributed by atoms with Crippen LogP contribution in [0.3, 0.4) is 0 Å². The zero-order chi connectivity index (χ0) is 15.5. The Kier molecular flexibility index (Phi) is 5.76. The quantitative estimate of drug-likeness (QED) is 0.618. The second-order valence-electron chi connectivity index (χ2n) is 8.32. The third-order valence-corrected chi connectivity index (χ3v) is 6.81. The zero-order valence-corrected chi connectivity index (χ0v) is 15.0. The average Bonchev–Trinajstić information content (AvgIpc) is 2.77. The van der Waals surface area contributed by atoms with Crippen LogP contribution in [0, 0.1) is 16.7 Å². The summed E-state index contributed by atoms with van der Waals surface area (Å²) in [7, 11) is 0. The van der Waals surface area contributed by atoms with Crippen LogP contribution in [-0.4, -0.2) is 25.3 Å². The molecule has 1 N–H and O–H groups in total. The standard InChI is InChI=1S/C19H37NO/c1-6-12-20-15(2)9-7-8-13-21-17-14-16-10-11-19(17,5)18(16,3)4/h15-17,20H,6-14H2,1-5H3. The summed E-state index contributed by atoms with van der Waals surface area (Å²) in [5.41, 5.74) is 0.907. The highest BCUT2D eigenvalue weighted by Crippen LogP contribution is 2.66. The molecule has 2 fully saturated rings. The molecule has 2 rings (SSSR count). The Balaban J connectivity index is 1.62. The molecule has 0 aliphatic heterocycles. The molecular weight excluding hydrogens is 258 g/mol. The van der Waals surface area contributed by atoms with Crippen LogP contribution in [0.2, 0.25) is 0 Å². The summed E-state index contributed by atoms with van der Waals surface area (Å²) < 4.78 is 6.32. The fourth-order valence-electron chi connectivity index (χ4n) is 4.65. The Hall–Kier alpha value is -0.0800. The lowest BCUT2D eigenvalue weighted by Gasteiger charge is -2.39. The van der Waals surface area contributed by atoms with Crippen molar-refractivity contribution in [2.45, 2.75) is 91.7 Å². The van der Waals surface area contributed by atoms with E-state index in [1.165, 1.54) is 44.9 Å². The van der Waals surface area contributed by atoms with Gasteiger partial charge in [-0.2, -0.15) is 0 Å². The molecule has 2 bridgehead atoms. The lowest BCUT2D eigenvalue weighted by Crippen LogP contribution is -2.37. The van der Waals surface area contributed by atoms with E-state index in [-0.39, 0.29) is 0 Å². The summed E-state index contributed by atoms with van der Waals surface area (Å²) in [5, 5.41) is 3.56. The van der Waals surface area contributed by atoms with Crippen molar-refractivity contribution < 1.29 is 4.74 Å². The van der Waals surface area contributed by atoms with Crippen molar-refractivity contribution in [3.8, 4) is 0 Å². The van der Waals surface area contributed by atoms with Gasteiger partial charge in [-0.1, -0.05) is 27.7 Å². The fraction of sp³-hybridized carbons (Fsp3) is 1.00. The highest BCUT2D eigenvalue weighted by atomic mass is 16.5. The van der Waals surface area contributed by atoms with Gasteiger partial charge in [0.2, 0.25) is 0 Å². The minimum atomic E-state index is 0.424. The molecule has 2 aliphatic carbocycles. The molecule has 0 amide bonds. The molecule has 2 saturated carbocycles. The maximum absolute atomic E-state index is 6.32. The van der Waals surface area contributed by atoms with E-state index in [9.17, 15) is 0 Å². The van der Waals surface area contributed by atoms with Gasteiger partial charge in [-0.05, 0) is 75.2 Å². The molecule has 4 atom stereocenters. The average molecular weight is 296 g/mol. The summed E-state index contributed by atoms with van der Waals surface area (Å²) in [6.07, 6.45) is 9.62. The molecule has 0 heterocycles. The summed E-state index contributed by atoms with van der Waals surface area (Å²) >= 11 is 0. The molecule has 0 spiro atoms. The molecule has 124 valence electrons. The van der Waals surface area contributed by atoms with Gasteiger partial charge in [0.15, 0.2) is 0 Å². The zero-order valence-electron chi connectivity index (χ0n) is 15.0. The van der Waals surface area contributed by atoms with E-state index < -0.39 is 0 Å². The van der Waals surface area contributed by atoms with E-state index in [4.69, 9.17) is 4.74 Å². The van der Waals surface area contributed by atoms with Gasteiger partial charge < -0.3 is 10.1 Å². The van der Waals surface area contributed by atoms with E-state index in [1.807, 2.05) is 0 Å². The monoisotopic (exact) mass is 295 g/mol. The van der Waals surface area contributed by atoms with Crippen LogP contribution >= 0.6 is 0 Å². The number of ether oxygens (including phenoxy) is 1. The van der Waals surface area contributed by atoms with Gasteiger partial charge in [-0.15, -0.1) is 0 Å². The normalized spacial score (nSPS) is 35.3. The Morgan fingerprint density at radius 3 is 2.57 bits per heavy atom. The van der Waals surface area contributed by atoms with Crippen LogP contribution in [-0.2, 0) is 4.74 Å². The predicted molar refractivity (Wildman–Crippen MR) is 90.6 cm³/mol. The van der Waals surface area contributed by atoms with Crippen LogP contribution in [0.5, 0.6) is 0 Å². The van der Waals surface area contributed by atoms with Crippen LogP contribution in [0.15, 0.2) is 0 Å². The van der Waals surface area contributed by atoms with E-state index in [0.29, 0.717) is 23.0 Å². The second kappa shape index (κ2) is 7.00. The van der Waals surface area contributed by atoms with Crippen LogP contribution in [0.4, 0.5) is 0 Å². The first-order chi connectivity index (χ1) is 9.91. The van der Waals surface area contributed by atoms with Gasteiger partial charge in [-0.25, -0.2) is 0 Å². The highest BCUT2D eigenvalue weighted by Gasteiger charge is 2.61. The minimum absolute atomic E-state index is 0.424. The molecule has 2 aliphatic rings. The van der Waals surface area contributed by atoms with Crippen LogP contribution in [0.1, 0.15) is 79.6 Å². The molecule has 21 heavy (non-hydrogen) atoms. The van der Waals surface area contributed by atoms with Crippen molar-refractivity contribution in [2.75, 3.05) is 13.2 Å². The molecule has 2 nitrogen and oxygen atoms in total. The lowest BCUT2D eigenvalue weighted by atomic mass is 9.70. The van der Waals surface area contributed by atoms with Crippen molar-refractivity contribution in [3.05, 3.63) is 0 Å². The van der Waals surface area contributed by atoms with Crippen molar-refractivity contribution in [3.63, 3.8) is 0 Å². The predicted octanol–water partition coefficient (Wildman–Crippen LogP) is 4.78. The van der Waals surface area contributed by atoms with E-state index in [2.05, 4.69) is 39.9 Å². The molecule has 0 saturated heterocycles. The largest absolute Gasteiger partial charge is 0.378 e. The number of nitrogens with one attached hydrogen (secondary N) is 1. The van der Waals surface area contributed by atoms with Gasteiger partial charge in [-0.3, -0.25) is 0 Å².